The Morgan fingerprint density at radius 1 is 0.816 bits per heavy atom. The van der Waals surface area contributed by atoms with Crippen LogP contribution in [-0.2, 0) is 34.4 Å². The Morgan fingerprint density at radius 2 is 1.39 bits per heavy atom. The molecule has 0 bridgehead atoms. The molecule has 0 aliphatic heterocycles. The van der Waals surface area contributed by atoms with Crippen LogP contribution in [-0.4, -0.2) is 28.8 Å². The molecule has 0 heterocycles. The van der Waals surface area contributed by atoms with Crippen molar-refractivity contribution < 1.29 is 9.59 Å². The molecule has 0 spiro atoms. The number of nitrogens with zero attached hydrogens (tertiary/aromatic N) is 1. The van der Waals surface area contributed by atoms with Crippen LogP contribution in [0.3, 0.4) is 0 Å². The maximum Gasteiger partial charge on any atom is 0.243 e. The Kier molecular flexibility index (Phi) is 9.38. The number of aryl methyl sites for hydroxylation is 1. The summed E-state index contributed by atoms with van der Waals surface area (Å²) in [7, 11) is 0. The molecule has 1 aliphatic carbocycles. The third-order valence-corrected chi connectivity index (χ3v) is 7.62. The van der Waals surface area contributed by atoms with Gasteiger partial charge in [-0.25, -0.2) is 0 Å². The largest absolute Gasteiger partial charge is 0.352 e. The lowest BCUT2D eigenvalue weighted by molar-refractivity contribution is -0.141. The summed E-state index contributed by atoms with van der Waals surface area (Å²) in [4.78, 5) is 29.4. The molecule has 1 saturated carbocycles. The zero-order valence-corrected chi connectivity index (χ0v) is 23.2. The van der Waals surface area contributed by atoms with Crippen molar-refractivity contribution in [2.45, 2.75) is 89.8 Å². The molecule has 1 atom stereocenters. The lowest BCUT2D eigenvalue weighted by Gasteiger charge is -2.32. The molecule has 0 radical (unpaired) electrons. The first-order valence-corrected chi connectivity index (χ1v) is 14.1. The SMILES string of the molecule is CC(C)(C)c1ccc(CCC(=O)N(Cc2ccccc2)[C@@H](Cc2ccccc2)C(=O)NC2CCCC2)cc1. The number of nitrogens with one attached hydrogen (secondary N) is 1. The molecule has 4 heteroatoms. The first kappa shape index (κ1) is 27.6. The highest BCUT2D eigenvalue weighted by molar-refractivity contribution is 5.88. The summed E-state index contributed by atoms with van der Waals surface area (Å²) < 4.78 is 0. The fourth-order valence-electron chi connectivity index (χ4n) is 5.27. The molecule has 0 saturated heterocycles. The summed E-state index contributed by atoms with van der Waals surface area (Å²) in [5.74, 6) is -0.0316. The van der Waals surface area contributed by atoms with Gasteiger partial charge in [0.2, 0.25) is 11.8 Å². The Labute approximate surface area is 228 Å². The van der Waals surface area contributed by atoms with Crippen molar-refractivity contribution in [2.75, 3.05) is 0 Å². The van der Waals surface area contributed by atoms with E-state index in [9.17, 15) is 9.59 Å². The Bertz CT molecular complexity index is 1160. The number of carbonyl (C=O) groups is 2. The second kappa shape index (κ2) is 12.9. The summed E-state index contributed by atoms with van der Waals surface area (Å²) >= 11 is 0. The minimum Gasteiger partial charge on any atom is -0.352 e. The molecule has 0 unspecified atom stereocenters. The first-order valence-electron chi connectivity index (χ1n) is 14.1. The van der Waals surface area contributed by atoms with E-state index < -0.39 is 6.04 Å². The van der Waals surface area contributed by atoms with Crippen molar-refractivity contribution in [1.82, 2.24) is 10.2 Å². The summed E-state index contributed by atoms with van der Waals surface area (Å²) in [5, 5.41) is 3.28. The molecule has 1 aliphatic rings. The van der Waals surface area contributed by atoms with E-state index in [0.717, 1.165) is 42.4 Å². The average molecular weight is 511 g/mol. The van der Waals surface area contributed by atoms with Crippen LogP contribution >= 0.6 is 0 Å². The van der Waals surface area contributed by atoms with E-state index in [1.807, 2.05) is 65.6 Å². The van der Waals surface area contributed by atoms with Gasteiger partial charge >= 0.3 is 0 Å². The third kappa shape index (κ3) is 7.80. The van der Waals surface area contributed by atoms with Crippen molar-refractivity contribution in [1.29, 1.82) is 0 Å². The molecule has 2 amide bonds. The van der Waals surface area contributed by atoms with E-state index in [-0.39, 0.29) is 23.3 Å². The number of hydrogen-bond acceptors (Lipinski definition) is 2. The molecule has 3 aromatic rings. The van der Waals surface area contributed by atoms with Crippen LogP contribution in [0.5, 0.6) is 0 Å². The van der Waals surface area contributed by atoms with Gasteiger partial charge in [-0.2, -0.15) is 0 Å². The molecular formula is C34H42N2O2. The predicted molar refractivity (Wildman–Crippen MR) is 155 cm³/mol. The molecule has 200 valence electrons. The number of amides is 2. The first-order chi connectivity index (χ1) is 18.3. The zero-order chi connectivity index (χ0) is 27.0. The molecule has 4 nitrogen and oxygen atoms in total. The van der Waals surface area contributed by atoms with E-state index in [2.05, 4.69) is 50.4 Å². The highest BCUT2D eigenvalue weighted by atomic mass is 16.2. The quantitative estimate of drug-likeness (QED) is 0.333. The van der Waals surface area contributed by atoms with Crippen molar-refractivity contribution in [3.8, 4) is 0 Å². The summed E-state index contributed by atoms with van der Waals surface area (Å²) in [6, 6.07) is 28.3. The predicted octanol–water partition coefficient (Wildman–Crippen LogP) is 6.62. The molecule has 4 rings (SSSR count). The Balaban J connectivity index is 1.56. The number of benzene rings is 3. The van der Waals surface area contributed by atoms with E-state index in [4.69, 9.17) is 0 Å². The molecule has 3 aromatic carbocycles. The maximum absolute atomic E-state index is 13.9. The number of rotatable bonds is 10. The van der Waals surface area contributed by atoms with E-state index in [1.165, 1.54) is 5.56 Å². The van der Waals surface area contributed by atoms with Gasteiger partial charge in [-0.1, -0.05) is 119 Å². The van der Waals surface area contributed by atoms with Crippen molar-refractivity contribution in [2.24, 2.45) is 0 Å². The van der Waals surface area contributed by atoms with Crippen LogP contribution in [0, 0.1) is 0 Å². The summed E-state index contributed by atoms with van der Waals surface area (Å²) in [5.41, 5.74) is 4.61. The minimum atomic E-state index is -0.561. The molecular weight excluding hydrogens is 468 g/mol. The summed E-state index contributed by atoms with van der Waals surface area (Å²) in [6.45, 7) is 7.03. The zero-order valence-electron chi connectivity index (χ0n) is 23.2. The van der Waals surface area contributed by atoms with Gasteiger partial charge in [-0.3, -0.25) is 9.59 Å². The van der Waals surface area contributed by atoms with Crippen LogP contribution in [0.1, 0.15) is 75.1 Å². The van der Waals surface area contributed by atoms with Crippen molar-refractivity contribution >= 4 is 11.8 Å². The number of hydrogen-bond donors (Lipinski definition) is 1. The molecule has 0 aromatic heterocycles. The maximum atomic E-state index is 13.9. The fraction of sp³-hybridized carbons (Fsp3) is 0.412. The Hall–Kier alpha value is -3.40. The van der Waals surface area contributed by atoms with E-state index in [1.54, 1.807) is 0 Å². The van der Waals surface area contributed by atoms with Gasteiger partial charge in [0.05, 0.1) is 0 Å². The van der Waals surface area contributed by atoms with Gasteiger partial charge in [0.25, 0.3) is 0 Å². The van der Waals surface area contributed by atoms with E-state index >= 15 is 0 Å². The second-order valence-electron chi connectivity index (χ2n) is 11.6. The van der Waals surface area contributed by atoms with Crippen LogP contribution in [0.4, 0.5) is 0 Å². The standard InChI is InChI=1S/C34H42N2O2/c1-34(2,3)29-21-18-26(19-22-29)20-23-32(37)36(25-28-14-8-5-9-15-28)31(24-27-12-6-4-7-13-27)33(38)35-30-16-10-11-17-30/h4-9,12-15,18-19,21-22,30-31H,10-11,16-17,20,23-25H2,1-3H3,(H,35,38)/t31-/m0/s1. The van der Waals surface area contributed by atoms with Gasteiger partial charge in [-0.05, 0) is 46.9 Å². The van der Waals surface area contributed by atoms with Gasteiger partial charge in [0.15, 0.2) is 0 Å². The van der Waals surface area contributed by atoms with Crippen LogP contribution in [0.2, 0.25) is 0 Å². The van der Waals surface area contributed by atoms with Gasteiger partial charge in [-0.15, -0.1) is 0 Å². The van der Waals surface area contributed by atoms with Crippen molar-refractivity contribution in [3.05, 3.63) is 107 Å². The topological polar surface area (TPSA) is 49.4 Å². The van der Waals surface area contributed by atoms with Gasteiger partial charge in [0, 0.05) is 25.4 Å². The van der Waals surface area contributed by atoms with Crippen LogP contribution < -0.4 is 5.32 Å². The molecule has 38 heavy (non-hydrogen) atoms. The Morgan fingerprint density at radius 3 is 1.97 bits per heavy atom. The average Bonchev–Trinajstić information content (AvgIpc) is 3.43. The normalized spacial score (nSPS) is 14.7. The van der Waals surface area contributed by atoms with Crippen LogP contribution in [0.15, 0.2) is 84.9 Å². The highest BCUT2D eigenvalue weighted by Crippen LogP contribution is 2.23. The smallest absolute Gasteiger partial charge is 0.243 e. The fourth-order valence-corrected chi connectivity index (χ4v) is 5.27. The van der Waals surface area contributed by atoms with Crippen LogP contribution in [0.25, 0.3) is 0 Å². The third-order valence-electron chi connectivity index (χ3n) is 7.62. The van der Waals surface area contributed by atoms with Gasteiger partial charge < -0.3 is 10.2 Å². The van der Waals surface area contributed by atoms with Gasteiger partial charge in [0.1, 0.15) is 6.04 Å². The molecule has 1 N–H and O–H groups in total. The number of carbonyl (C=O) groups excluding carboxylic acids is 2. The van der Waals surface area contributed by atoms with Crippen molar-refractivity contribution in [3.63, 3.8) is 0 Å². The van der Waals surface area contributed by atoms with E-state index in [0.29, 0.717) is 25.8 Å². The minimum absolute atomic E-state index is 0.0104. The lowest BCUT2D eigenvalue weighted by Crippen LogP contribution is -2.52. The summed E-state index contributed by atoms with van der Waals surface area (Å²) in [6.07, 6.45) is 5.84. The second-order valence-corrected chi connectivity index (χ2v) is 11.6. The lowest BCUT2D eigenvalue weighted by atomic mass is 9.86. The highest BCUT2D eigenvalue weighted by Gasteiger charge is 2.32. The molecule has 1 fully saturated rings. The monoisotopic (exact) mass is 510 g/mol.